The fourth-order valence-electron chi connectivity index (χ4n) is 2.54. The van der Waals surface area contributed by atoms with Crippen molar-refractivity contribution in [1.29, 1.82) is 0 Å². The lowest BCUT2D eigenvalue weighted by Crippen LogP contribution is -2.26. The van der Waals surface area contributed by atoms with Crippen molar-refractivity contribution in [1.82, 2.24) is 0 Å². The first-order chi connectivity index (χ1) is 9.75. The molecule has 2 heterocycles. The maximum atomic E-state index is 12.1. The van der Waals surface area contributed by atoms with Gasteiger partial charge in [-0.3, -0.25) is 0 Å². The summed E-state index contributed by atoms with van der Waals surface area (Å²) in [5, 5.41) is 0.952. The number of aryl methyl sites for hydroxylation is 1. The molecule has 1 aliphatic heterocycles. The summed E-state index contributed by atoms with van der Waals surface area (Å²) in [6.07, 6.45) is 3.20. The molecule has 1 aromatic carbocycles. The molecular formula is C16H18O4. The van der Waals surface area contributed by atoms with Crippen LogP contribution in [0.4, 0.5) is 0 Å². The van der Waals surface area contributed by atoms with E-state index in [0.29, 0.717) is 18.0 Å². The van der Waals surface area contributed by atoms with Crippen LogP contribution >= 0.6 is 0 Å². The zero-order valence-corrected chi connectivity index (χ0v) is 11.6. The second kappa shape index (κ2) is 5.67. The van der Waals surface area contributed by atoms with Gasteiger partial charge in [0.1, 0.15) is 12.2 Å². The van der Waals surface area contributed by atoms with E-state index in [1.807, 2.05) is 31.2 Å². The van der Waals surface area contributed by atoms with Gasteiger partial charge in [0.05, 0.1) is 6.10 Å². The number of carbonyl (C=O) groups is 1. The van der Waals surface area contributed by atoms with Crippen LogP contribution in [0.2, 0.25) is 0 Å². The van der Waals surface area contributed by atoms with E-state index in [2.05, 4.69) is 0 Å². The molecule has 106 valence electrons. The Bertz CT molecular complexity index is 608. The summed E-state index contributed by atoms with van der Waals surface area (Å²) < 4.78 is 16.5. The molecule has 0 bridgehead atoms. The number of fused-ring (bicyclic) bond motifs is 1. The van der Waals surface area contributed by atoms with Crippen LogP contribution in [-0.2, 0) is 9.47 Å². The van der Waals surface area contributed by atoms with Gasteiger partial charge in [-0.1, -0.05) is 18.2 Å². The lowest BCUT2D eigenvalue weighted by atomic mass is 10.1. The Kier molecular flexibility index (Phi) is 3.74. The fraction of sp³-hybridized carbons (Fsp3) is 0.438. The molecule has 0 saturated carbocycles. The van der Waals surface area contributed by atoms with Crippen LogP contribution in [0.3, 0.4) is 0 Å². The highest BCUT2D eigenvalue weighted by atomic mass is 16.6. The highest BCUT2D eigenvalue weighted by molar-refractivity contribution is 5.95. The van der Waals surface area contributed by atoms with Crippen molar-refractivity contribution in [2.45, 2.75) is 32.3 Å². The zero-order valence-electron chi connectivity index (χ0n) is 11.6. The predicted molar refractivity (Wildman–Crippen MR) is 74.8 cm³/mol. The van der Waals surface area contributed by atoms with Crippen LogP contribution in [0.25, 0.3) is 11.0 Å². The molecule has 4 nitrogen and oxygen atoms in total. The topological polar surface area (TPSA) is 48.7 Å². The molecule has 1 unspecified atom stereocenters. The average molecular weight is 274 g/mol. The van der Waals surface area contributed by atoms with Gasteiger partial charge in [0.15, 0.2) is 0 Å². The number of hydrogen-bond donors (Lipinski definition) is 0. The van der Waals surface area contributed by atoms with Crippen molar-refractivity contribution in [2.75, 3.05) is 13.2 Å². The lowest BCUT2D eigenvalue weighted by molar-refractivity contribution is -0.0310. The average Bonchev–Trinajstić information content (AvgIpc) is 2.84. The van der Waals surface area contributed by atoms with E-state index >= 15 is 0 Å². The Morgan fingerprint density at radius 3 is 2.95 bits per heavy atom. The molecule has 0 aliphatic carbocycles. The Labute approximate surface area is 117 Å². The Morgan fingerprint density at radius 2 is 2.20 bits per heavy atom. The molecule has 3 rings (SSSR count). The second-order valence-corrected chi connectivity index (χ2v) is 5.14. The van der Waals surface area contributed by atoms with Crippen molar-refractivity contribution in [3.63, 3.8) is 0 Å². The Morgan fingerprint density at radius 1 is 1.35 bits per heavy atom. The number of rotatable bonds is 3. The number of esters is 1. The van der Waals surface area contributed by atoms with Crippen molar-refractivity contribution < 1.29 is 18.7 Å². The molecule has 1 saturated heterocycles. The normalized spacial score (nSPS) is 19.1. The van der Waals surface area contributed by atoms with Gasteiger partial charge in [-0.05, 0) is 32.3 Å². The third-order valence-corrected chi connectivity index (χ3v) is 3.70. The minimum absolute atomic E-state index is 0.0254. The van der Waals surface area contributed by atoms with E-state index in [1.54, 1.807) is 0 Å². The van der Waals surface area contributed by atoms with Gasteiger partial charge in [-0.25, -0.2) is 4.79 Å². The monoisotopic (exact) mass is 274 g/mol. The Hall–Kier alpha value is -1.81. The first-order valence-corrected chi connectivity index (χ1v) is 7.02. The third kappa shape index (κ3) is 2.56. The summed E-state index contributed by atoms with van der Waals surface area (Å²) in [5.74, 6) is -0.116. The molecule has 4 heteroatoms. The summed E-state index contributed by atoms with van der Waals surface area (Å²) in [5.41, 5.74) is 1.54. The first-order valence-electron chi connectivity index (χ1n) is 7.02. The summed E-state index contributed by atoms with van der Waals surface area (Å²) >= 11 is 0. The van der Waals surface area contributed by atoms with Crippen molar-refractivity contribution in [2.24, 2.45) is 0 Å². The summed E-state index contributed by atoms with van der Waals surface area (Å²) in [7, 11) is 0. The molecule has 0 radical (unpaired) electrons. The molecule has 2 aromatic rings. The number of ether oxygens (including phenoxy) is 2. The van der Waals surface area contributed by atoms with Crippen LogP contribution in [0, 0.1) is 6.92 Å². The van der Waals surface area contributed by atoms with Gasteiger partial charge in [0.2, 0.25) is 5.76 Å². The zero-order chi connectivity index (χ0) is 13.9. The quantitative estimate of drug-likeness (QED) is 0.804. The molecule has 0 amide bonds. The highest BCUT2D eigenvalue weighted by Crippen LogP contribution is 2.25. The van der Waals surface area contributed by atoms with E-state index in [1.165, 1.54) is 0 Å². The number of hydrogen-bond acceptors (Lipinski definition) is 4. The van der Waals surface area contributed by atoms with Crippen LogP contribution in [0.1, 0.15) is 35.4 Å². The maximum absolute atomic E-state index is 12.1. The van der Waals surface area contributed by atoms with Crippen LogP contribution in [-0.4, -0.2) is 25.3 Å². The van der Waals surface area contributed by atoms with Crippen LogP contribution in [0.15, 0.2) is 28.7 Å². The number of carbonyl (C=O) groups excluding carboxylic acids is 1. The van der Waals surface area contributed by atoms with Gasteiger partial charge < -0.3 is 13.9 Å². The van der Waals surface area contributed by atoms with Gasteiger partial charge in [0, 0.05) is 17.6 Å². The lowest BCUT2D eigenvalue weighted by Gasteiger charge is -2.21. The number of benzene rings is 1. The van der Waals surface area contributed by atoms with Gasteiger partial charge in [-0.2, -0.15) is 0 Å². The van der Waals surface area contributed by atoms with Crippen LogP contribution < -0.4 is 0 Å². The largest absolute Gasteiger partial charge is 0.457 e. The van der Waals surface area contributed by atoms with E-state index < -0.39 is 5.97 Å². The first kappa shape index (κ1) is 13.2. The van der Waals surface area contributed by atoms with E-state index in [9.17, 15) is 4.79 Å². The fourth-order valence-corrected chi connectivity index (χ4v) is 2.54. The molecule has 20 heavy (non-hydrogen) atoms. The maximum Gasteiger partial charge on any atom is 0.374 e. The molecule has 0 spiro atoms. The molecular weight excluding hydrogens is 256 g/mol. The number of para-hydroxylation sites is 1. The van der Waals surface area contributed by atoms with Crippen LogP contribution in [0.5, 0.6) is 0 Å². The number of furan rings is 1. The Balaban J connectivity index is 1.70. The molecule has 1 aliphatic rings. The van der Waals surface area contributed by atoms with Gasteiger partial charge >= 0.3 is 5.97 Å². The SMILES string of the molecule is Cc1c(C(=O)OCC2CCCCO2)oc2ccccc12. The molecule has 1 fully saturated rings. The second-order valence-electron chi connectivity index (χ2n) is 5.14. The van der Waals surface area contributed by atoms with E-state index in [4.69, 9.17) is 13.9 Å². The summed E-state index contributed by atoms with van der Waals surface area (Å²) in [6, 6.07) is 7.60. The molecule has 1 atom stereocenters. The van der Waals surface area contributed by atoms with Crippen molar-refractivity contribution in [3.8, 4) is 0 Å². The van der Waals surface area contributed by atoms with E-state index in [-0.39, 0.29) is 6.10 Å². The smallest absolute Gasteiger partial charge is 0.374 e. The van der Waals surface area contributed by atoms with Gasteiger partial charge in [0.25, 0.3) is 0 Å². The van der Waals surface area contributed by atoms with Crippen molar-refractivity contribution >= 4 is 16.9 Å². The minimum atomic E-state index is -0.409. The standard InChI is InChI=1S/C16H18O4/c1-11-13-7-2-3-8-14(13)20-15(11)16(17)19-10-12-6-4-5-9-18-12/h2-3,7-8,12H,4-6,9-10H2,1H3. The highest BCUT2D eigenvalue weighted by Gasteiger charge is 2.21. The van der Waals surface area contributed by atoms with Gasteiger partial charge in [-0.15, -0.1) is 0 Å². The minimum Gasteiger partial charge on any atom is -0.457 e. The third-order valence-electron chi connectivity index (χ3n) is 3.70. The molecule has 1 aromatic heterocycles. The summed E-state index contributed by atoms with van der Waals surface area (Å²) in [4.78, 5) is 12.1. The summed E-state index contributed by atoms with van der Waals surface area (Å²) in [6.45, 7) is 2.93. The molecule has 0 N–H and O–H groups in total. The predicted octanol–water partition coefficient (Wildman–Crippen LogP) is 3.47. The van der Waals surface area contributed by atoms with E-state index in [0.717, 1.165) is 36.8 Å². The van der Waals surface area contributed by atoms with Crippen molar-refractivity contribution in [3.05, 3.63) is 35.6 Å².